The van der Waals surface area contributed by atoms with E-state index in [0.717, 1.165) is 12.3 Å². The molecule has 1 aromatic rings. The molecule has 0 heterocycles. The predicted molar refractivity (Wildman–Crippen MR) is 91.2 cm³/mol. The minimum absolute atomic E-state index is 0.396. The van der Waals surface area contributed by atoms with Gasteiger partial charge in [0.1, 0.15) is 11.9 Å². The van der Waals surface area contributed by atoms with E-state index in [1.807, 2.05) is 0 Å². The van der Waals surface area contributed by atoms with Crippen molar-refractivity contribution < 1.29 is 4.74 Å². The fraction of sp³-hybridized carbons (Fsp3) is 0.647. The first-order valence-corrected chi connectivity index (χ1v) is 8.99. The van der Waals surface area contributed by atoms with Gasteiger partial charge in [-0.3, -0.25) is 0 Å². The second-order valence-corrected chi connectivity index (χ2v) is 7.34. The Bertz CT molecular complexity index is 456. The molecule has 0 aromatic heterocycles. The van der Waals surface area contributed by atoms with Crippen LogP contribution in [0.25, 0.3) is 0 Å². The van der Waals surface area contributed by atoms with Crippen molar-refractivity contribution in [2.45, 2.75) is 57.6 Å². The molecule has 0 amide bonds. The SMILES string of the molecule is CCNC1CC(Oc2ccccc2I)C12CCCCC2. The van der Waals surface area contributed by atoms with Gasteiger partial charge in [-0.25, -0.2) is 0 Å². The number of ether oxygens (including phenoxy) is 1. The molecular formula is C17H24INO. The molecule has 2 saturated carbocycles. The highest BCUT2D eigenvalue weighted by molar-refractivity contribution is 14.1. The molecule has 1 N–H and O–H groups in total. The number of halogens is 1. The van der Waals surface area contributed by atoms with Gasteiger partial charge in [0.05, 0.1) is 3.57 Å². The van der Waals surface area contributed by atoms with Crippen LogP contribution in [0.4, 0.5) is 0 Å². The first kappa shape index (κ1) is 14.6. The van der Waals surface area contributed by atoms with E-state index < -0.39 is 0 Å². The van der Waals surface area contributed by atoms with E-state index in [0.29, 0.717) is 17.6 Å². The predicted octanol–water partition coefficient (Wildman–Crippen LogP) is 4.37. The zero-order valence-electron chi connectivity index (χ0n) is 12.2. The summed E-state index contributed by atoms with van der Waals surface area (Å²) in [6, 6.07) is 9.06. The summed E-state index contributed by atoms with van der Waals surface area (Å²) in [5.74, 6) is 1.07. The van der Waals surface area contributed by atoms with Crippen LogP contribution in [0.3, 0.4) is 0 Å². The molecule has 3 heteroatoms. The quantitative estimate of drug-likeness (QED) is 0.778. The molecule has 0 radical (unpaired) electrons. The normalized spacial score (nSPS) is 28.1. The standard InChI is InChI=1S/C17H24INO/c1-2-19-15-12-16(17(15)10-6-3-7-11-17)20-14-9-5-4-8-13(14)18/h4-5,8-9,15-16,19H,2-3,6-7,10-12H2,1H3. The Kier molecular flexibility index (Phi) is 4.55. The van der Waals surface area contributed by atoms with Gasteiger partial charge in [-0.1, -0.05) is 38.3 Å². The Morgan fingerprint density at radius 2 is 2.00 bits per heavy atom. The van der Waals surface area contributed by atoms with Gasteiger partial charge < -0.3 is 10.1 Å². The molecule has 2 nitrogen and oxygen atoms in total. The summed E-state index contributed by atoms with van der Waals surface area (Å²) in [4.78, 5) is 0. The van der Waals surface area contributed by atoms with E-state index in [9.17, 15) is 0 Å². The van der Waals surface area contributed by atoms with Crippen LogP contribution in [-0.4, -0.2) is 18.7 Å². The minimum atomic E-state index is 0.396. The van der Waals surface area contributed by atoms with Gasteiger partial charge >= 0.3 is 0 Å². The molecule has 2 fully saturated rings. The van der Waals surface area contributed by atoms with Gasteiger partial charge in [0.2, 0.25) is 0 Å². The first-order chi connectivity index (χ1) is 9.76. The Labute approximate surface area is 135 Å². The lowest BCUT2D eigenvalue weighted by atomic mass is 9.55. The highest BCUT2D eigenvalue weighted by Crippen LogP contribution is 2.53. The summed E-state index contributed by atoms with van der Waals surface area (Å²) in [7, 11) is 0. The molecule has 2 unspecified atom stereocenters. The maximum Gasteiger partial charge on any atom is 0.133 e. The van der Waals surface area contributed by atoms with E-state index in [1.54, 1.807) is 0 Å². The van der Waals surface area contributed by atoms with Crippen LogP contribution in [0.2, 0.25) is 0 Å². The van der Waals surface area contributed by atoms with Gasteiger partial charge in [-0.2, -0.15) is 0 Å². The van der Waals surface area contributed by atoms with Crippen molar-refractivity contribution >= 4 is 22.6 Å². The smallest absolute Gasteiger partial charge is 0.133 e. The lowest BCUT2D eigenvalue weighted by molar-refractivity contribution is -0.102. The van der Waals surface area contributed by atoms with Gasteiger partial charge in [-0.05, 0) is 54.1 Å². The summed E-state index contributed by atoms with van der Waals surface area (Å²) in [6.07, 6.45) is 8.37. The van der Waals surface area contributed by atoms with Crippen molar-refractivity contribution in [3.05, 3.63) is 27.8 Å². The zero-order valence-corrected chi connectivity index (χ0v) is 14.4. The lowest BCUT2D eigenvalue weighted by Crippen LogP contribution is -2.65. The third kappa shape index (κ3) is 2.59. The summed E-state index contributed by atoms with van der Waals surface area (Å²) in [5, 5.41) is 3.69. The third-order valence-electron chi connectivity index (χ3n) is 5.13. The maximum absolute atomic E-state index is 6.40. The topological polar surface area (TPSA) is 21.3 Å². The first-order valence-electron chi connectivity index (χ1n) is 7.91. The van der Waals surface area contributed by atoms with Gasteiger partial charge in [0, 0.05) is 17.9 Å². The Hall–Kier alpha value is -0.290. The Morgan fingerprint density at radius 1 is 1.25 bits per heavy atom. The van der Waals surface area contributed by atoms with E-state index >= 15 is 0 Å². The van der Waals surface area contributed by atoms with Crippen LogP contribution in [0.5, 0.6) is 5.75 Å². The van der Waals surface area contributed by atoms with Gasteiger partial charge in [-0.15, -0.1) is 0 Å². The van der Waals surface area contributed by atoms with Crippen molar-refractivity contribution in [1.82, 2.24) is 5.32 Å². The molecule has 3 rings (SSSR count). The molecule has 110 valence electrons. The Balaban J connectivity index is 1.75. The van der Waals surface area contributed by atoms with Crippen LogP contribution in [0.15, 0.2) is 24.3 Å². The van der Waals surface area contributed by atoms with E-state index in [2.05, 4.69) is 59.1 Å². The molecule has 0 saturated heterocycles. The van der Waals surface area contributed by atoms with Crippen molar-refractivity contribution in [3.63, 3.8) is 0 Å². The number of hydrogen-bond donors (Lipinski definition) is 1. The minimum Gasteiger partial charge on any atom is -0.489 e. The maximum atomic E-state index is 6.40. The van der Waals surface area contributed by atoms with E-state index in [4.69, 9.17) is 4.74 Å². The molecule has 0 bridgehead atoms. The van der Waals surface area contributed by atoms with Crippen LogP contribution in [0, 0.1) is 8.99 Å². The molecule has 1 aromatic carbocycles. The number of nitrogens with one attached hydrogen (secondary N) is 1. The number of hydrogen-bond acceptors (Lipinski definition) is 2. The number of rotatable bonds is 4. The molecule has 20 heavy (non-hydrogen) atoms. The lowest BCUT2D eigenvalue weighted by Gasteiger charge is -2.57. The third-order valence-corrected chi connectivity index (χ3v) is 6.02. The van der Waals surface area contributed by atoms with Crippen molar-refractivity contribution in [3.8, 4) is 5.75 Å². The number of para-hydroxylation sites is 1. The van der Waals surface area contributed by atoms with Crippen molar-refractivity contribution in [2.75, 3.05) is 6.54 Å². The molecule has 1 spiro atoms. The molecule has 2 aliphatic carbocycles. The second-order valence-electron chi connectivity index (χ2n) is 6.18. The number of benzene rings is 1. The van der Waals surface area contributed by atoms with Crippen LogP contribution < -0.4 is 10.1 Å². The average molecular weight is 385 g/mol. The van der Waals surface area contributed by atoms with Crippen molar-refractivity contribution in [1.29, 1.82) is 0 Å². The van der Waals surface area contributed by atoms with E-state index in [1.165, 1.54) is 42.1 Å². The monoisotopic (exact) mass is 385 g/mol. The van der Waals surface area contributed by atoms with Crippen LogP contribution in [-0.2, 0) is 0 Å². The summed E-state index contributed by atoms with van der Waals surface area (Å²) < 4.78 is 7.63. The summed E-state index contributed by atoms with van der Waals surface area (Å²) >= 11 is 2.37. The molecule has 0 aliphatic heterocycles. The molecule has 2 atom stereocenters. The summed E-state index contributed by atoms with van der Waals surface area (Å²) in [5.41, 5.74) is 0.396. The molecular weight excluding hydrogens is 361 g/mol. The van der Waals surface area contributed by atoms with E-state index in [-0.39, 0.29) is 0 Å². The zero-order chi connectivity index (χ0) is 14.0. The van der Waals surface area contributed by atoms with Gasteiger partial charge in [0.15, 0.2) is 0 Å². The highest BCUT2D eigenvalue weighted by atomic mass is 127. The fourth-order valence-electron chi connectivity index (χ4n) is 4.02. The highest BCUT2D eigenvalue weighted by Gasteiger charge is 2.56. The average Bonchev–Trinajstić information content (AvgIpc) is 2.49. The summed E-state index contributed by atoms with van der Waals surface area (Å²) in [6.45, 7) is 3.28. The van der Waals surface area contributed by atoms with Crippen molar-refractivity contribution in [2.24, 2.45) is 5.41 Å². The van der Waals surface area contributed by atoms with Crippen LogP contribution in [0.1, 0.15) is 45.4 Å². The molecule has 2 aliphatic rings. The fourth-order valence-corrected chi connectivity index (χ4v) is 4.53. The van der Waals surface area contributed by atoms with Gasteiger partial charge in [0.25, 0.3) is 0 Å². The second kappa shape index (κ2) is 6.22. The van der Waals surface area contributed by atoms with Crippen LogP contribution >= 0.6 is 22.6 Å². The Morgan fingerprint density at radius 3 is 2.70 bits per heavy atom. The largest absolute Gasteiger partial charge is 0.489 e.